The number of ether oxygens (including phenoxy) is 2. The molecular weight excluding hydrogens is 362 g/mol. The summed E-state index contributed by atoms with van der Waals surface area (Å²) in [6.45, 7) is 1.87. The van der Waals surface area contributed by atoms with Crippen molar-refractivity contribution >= 4 is 27.5 Å². The average molecular weight is 383 g/mol. The molecule has 0 saturated heterocycles. The number of hydrogen-bond donors (Lipinski definition) is 1. The summed E-state index contributed by atoms with van der Waals surface area (Å²) in [6.07, 6.45) is 0.747. The fraction of sp³-hybridized carbons (Fsp3) is 0.300. The molecule has 0 aliphatic carbocycles. The molecule has 1 aliphatic heterocycles. The van der Waals surface area contributed by atoms with Gasteiger partial charge in [-0.05, 0) is 36.9 Å². The molecule has 1 aromatic heterocycles. The number of nitrogens with zero attached hydrogens (tertiary/aromatic N) is 2. The number of carbonyl (C=O) groups excluding carboxylic acids is 1. The summed E-state index contributed by atoms with van der Waals surface area (Å²) >= 11 is 1.68. The highest BCUT2D eigenvalue weighted by Gasteiger charge is 2.14. The van der Waals surface area contributed by atoms with Gasteiger partial charge in [0.25, 0.3) is 0 Å². The predicted octanol–water partition coefficient (Wildman–Crippen LogP) is 2.82. The van der Waals surface area contributed by atoms with Crippen LogP contribution in [-0.2, 0) is 17.8 Å². The largest absolute Gasteiger partial charge is 0.454 e. The first-order valence-electron chi connectivity index (χ1n) is 8.85. The second-order valence-corrected chi connectivity index (χ2v) is 7.65. The zero-order chi connectivity index (χ0) is 18.6. The van der Waals surface area contributed by atoms with E-state index in [1.54, 1.807) is 11.3 Å². The van der Waals surface area contributed by atoms with Gasteiger partial charge in [-0.15, -0.1) is 11.3 Å². The van der Waals surface area contributed by atoms with Crippen LogP contribution in [0.1, 0.15) is 10.6 Å². The average Bonchev–Trinajstić information content (AvgIpc) is 3.27. The predicted molar refractivity (Wildman–Crippen MR) is 105 cm³/mol. The lowest BCUT2D eigenvalue weighted by atomic mass is 10.2. The van der Waals surface area contributed by atoms with E-state index in [1.807, 2.05) is 48.3 Å². The van der Waals surface area contributed by atoms with Crippen molar-refractivity contribution in [2.75, 3.05) is 26.9 Å². The molecule has 7 heteroatoms. The van der Waals surface area contributed by atoms with E-state index in [9.17, 15) is 4.79 Å². The number of para-hydroxylation sites is 1. The van der Waals surface area contributed by atoms with Gasteiger partial charge in [0.2, 0.25) is 12.7 Å². The Labute approximate surface area is 161 Å². The maximum atomic E-state index is 12.2. The zero-order valence-corrected chi connectivity index (χ0v) is 15.9. The van der Waals surface area contributed by atoms with Crippen molar-refractivity contribution in [1.82, 2.24) is 15.2 Å². The van der Waals surface area contributed by atoms with E-state index in [1.165, 1.54) is 4.70 Å². The van der Waals surface area contributed by atoms with Crippen LogP contribution >= 0.6 is 11.3 Å². The number of nitrogens with one attached hydrogen (secondary N) is 1. The van der Waals surface area contributed by atoms with Gasteiger partial charge < -0.3 is 14.8 Å². The van der Waals surface area contributed by atoms with Gasteiger partial charge in [-0.25, -0.2) is 4.98 Å². The molecule has 0 unspecified atom stereocenters. The Balaban J connectivity index is 1.22. The maximum absolute atomic E-state index is 12.2. The van der Waals surface area contributed by atoms with Gasteiger partial charge in [-0.3, -0.25) is 9.69 Å². The summed E-state index contributed by atoms with van der Waals surface area (Å²) in [5, 5.41) is 4.02. The molecule has 2 aromatic carbocycles. The van der Waals surface area contributed by atoms with Crippen molar-refractivity contribution in [2.24, 2.45) is 0 Å². The first-order chi connectivity index (χ1) is 13.2. The minimum atomic E-state index is 0.0133. The molecule has 27 heavy (non-hydrogen) atoms. The highest BCUT2D eigenvalue weighted by Crippen LogP contribution is 2.32. The molecule has 140 valence electrons. The molecule has 4 rings (SSSR count). The molecule has 1 aliphatic rings. The van der Waals surface area contributed by atoms with Crippen LogP contribution in [0.4, 0.5) is 0 Å². The van der Waals surface area contributed by atoms with Gasteiger partial charge in [0.1, 0.15) is 0 Å². The van der Waals surface area contributed by atoms with Gasteiger partial charge in [0, 0.05) is 19.5 Å². The molecular formula is C20H21N3O3S. The van der Waals surface area contributed by atoms with Gasteiger partial charge in [0.15, 0.2) is 11.5 Å². The molecule has 0 bridgehead atoms. The van der Waals surface area contributed by atoms with E-state index < -0.39 is 0 Å². The Hall–Kier alpha value is -2.64. The van der Waals surface area contributed by atoms with E-state index in [4.69, 9.17) is 9.47 Å². The third-order valence-electron chi connectivity index (χ3n) is 4.30. The lowest BCUT2D eigenvalue weighted by Gasteiger charge is -2.16. The van der Waals surface area contributed by atoms with Crippen molar-refractivity contribution in [3.63, 3.8) is 0 Å². The van der Waals surface area contributed by atoms with Crippen LogP contribution in [0.5, 0.6) is 11.5 Å². The number of thiazole rings is 1. The third-order valence-corrected chi connectivity index (χ3v) is 5.40. The second kappa shape index (κ2) is 7.94. The monoisotopic (exact) mass is 383 g/mol. The zero-order valence-electron chi connectivity index (χ0n) is 15.1. The third kappa shape index (κ3) is 4.37. The van der Waals surface area contributed by atoms with Crippen LogP contribution in [0.15, 0.2) is 42.5 Å². The van der Waals surface area contributed by atoms with Gasteiger partial charge in [-0.2, -0.15) is 0 Å². The van der Waals surface area contributed by atoms with E-state index in [2.05, 4.69) is 16.4 Å². The molecule has 1 amide bonds. The minimum Gasteiger partial charge on any atom is -0.454 e. The van der Waals surface area contributed by atoms with Crippen LogP contribution in [0.3, 0.4) is 0 Å². The molecule has 0 fully saturated rings. The van der Waals surface area contributed by atoms with E-state index in [0.717, 1.165) is 34.0 Å². The fourth-order valence-electron chi connectivity index (χ4n) is 3.04. The smallest absolute Gasteiger partial charge is 0.234 e. The summed E-state index contributed by atoms with van der Waals surface area (Å²) in [4.78, 5) is 18.7. The Morgan fingerprint density at radius 2 is 2.07 bits per heavy atom. The van der Waals surface area contributed by atoms with Crippen molar-refractivity contribution in [2.45, 2.75) is 13.0 Å². The van der Waals surface area contributed by atoms with Crippen molar-refractivity contribution in [1.29, 1.82) is 0 Å². The van der Waals surface area contributed by atoms with E-state index in [0.29, 0.717) is 19.6 Å². The molecule has 0 radical (unpaired) electrons. The number of rotatable bonds is 7. The van der Waals surface area contributed by atoms with Crippen LogP contribution in [-0.4, -0.2) is 42.7 Å². The number of fused-ring (bicyclic) bond motifs is 2. The van der Waals surface area contributed by atoms with E-state index in [-0.39, 0.29) is 12.7 Å². The summed E-state index contributed by atoms with van der Waals surface area (Å²) in [5.74, 6) is 1.55. The normalized spacial score (nSPS) is 12.7. The first-order valence-corrected chi connectivity index (χ1v) is 9.67. The highest BCUT2D eigenvalue weighted by molar-refractivity contribution is 7.18. The molecule has 2 heterocycles. The SMILES string of the molecule is CN(CC(=O)NCCc1nc2ccccc2s1)Cc1ccc2c(c1)OCO2. The highest BCUT2D eigenvalue weighted by atomic mass is 32.1. The number of aromatic nitrogens is 1. The Morgan fingerprint density at radius 3 is 2.96 bits per heavy atom. The first kappa shape index (κ1) is 17.8. The fourth-order valence-corrected chi connectivity index (χ4v) is 4.01. The second-order valence-electron chi connectivity index (χ2n) is 6.54. The quantitative estimate of drug-likeness (QED) is 0.680. The summed E-state index contributed by atoms with van der Waals surface area (Å²) in [5.41, 5.74) is 2.11. The van der Waals surface area contributed by atoms with Crippen LogP contribution in [0.25, 0.3) is 10.2 Å². The molecule has 3 aromatic rings. The summed E-state index contributed by atoms with van der Waals surface area (Å²) in [6, 6.07) is 14.0. The number of likely N-dealkylation sites (N-methyl/N-ethyl adjacent to an activating group) is 1. The molecule has 1 N–H and O–H groups in total. The van der Waals surface area contributed by atoms with Gasteiger partial charge >= 0.3 is 0 Å². The van der Waals surface area contributed by atoms with Crippen molar-refractivity contribution in [3.8, 4) is 11.5 Å². The Bertz CT molecular complexity index is 924. The molecule has 0 spiro atoms. The van der Waals surface area contributed by atoms with Crippen LogP contribution in [0, 0.1) is 0 Å². The number of carbonyl (C=O) groups is 1. The van der Waals surface area contributed by atoms with Gasteiger partial charge in [0.05, 0.1) is 21.8 Å². The topological polar surface area (TPSA) is 63.7 Å². The summed E-state index contributed by atoms with van der Waals surface area (Å²) in [7, 11) is 1.93. The maximum Gasteiger partial charge on any atom is 0.234 e. The van der Waals surface area contributed by atoms with Gasteiger partial charge in [-0.1, -0.05) is 18.2 Å². The van der Waals surface area contributed by atoms with Crippen molar-refractivity contribution < 1.29 is 14.3 Å². The van der Waals surface area contributed by atoms with Crippen LogP contribution in [0.2, 0.25) is 0 Å². The number of amides is 1. The van der Waals surface area contributed by atoms with Crippen molar-refractivity contribution in [3.05, 3.63) is 53.0 Å². The van der Waals surface area contributed by atoms with Crippen LogP contribution < -0.4 is 14.8 Å². The Morgan fingerprint density at radius 1 is 1.22 bits per heavy atom. The minimum absolute atomic E-state index is 0.0133. The lowest BCUT2D eigenvalue weighted by Crippen LogP contribution is -2.35. The lowest BCUT2D eigenvalue weighted by molar-refractivity contribution is -0.122. The molecule has 0 saturated carbocycles. The molecule has 0 atom stereocenters. The number of hydrogen-bond acceptors (Lipinski definition) is 6. The molecule has 6 nitrogen and oxygen atoms in total. The van der Waals surface area contributed by atoms with E-state index >= 15 is 0 Å². The Kier molecular flexibility index (Phi) is 5.22. The summed E-state index contributed by atoms with van der Waals surface area (Å²) < 4.78 is 11.9. The standard InChI is InChI=1S/C20H21N3O3S/c1-23(11-14-6-7-16-17(10-14)26-13-25-16)12-19(24)21-9-8-20-22-15-4-2-3-5-18(15)27-20/h2-7,10H,8-9,11-13H2,1H3,(H,21,24). The number of benzene rings is 2.